The molecule has 1 unspecified atom stereocenters. The first kappa shape index (κ1) is 15.7. The molecule has 1 aromatic heterocycles. The summed E-state index contributed by atoms with van der Waals surface area (Å²) in [5.74, 6) is 1.09. The largest absolute Gasteiger partial charge is 0.379 e. The molecule has 0 fully saturated rings. The highest BCUT2D eigenvalue weighted by atomic mass is 16.5. The Bertz CT molecular complexity index is 581. The molecule has 0 saturated heterocycles. The van der Waals surface area contributed by atoms with Crippen LogP contribution in [0.4, 0.5) is 0 Å². The van der Waals surface area contributed by atoms with Gasteiger partial charge in [0, 0.05) is 6.61 Å². The van der Waals surface area contributed by atoms with Crippen molar-refractivity contribution in [3.63, 3.8) is 0 Å². The predicted molar refractivity (Wildman–Crippen MR) is 81.1 cm³/mol. The van der Waals surface area contributed by atoms with Gasteiger partial charge in [0.25, 0.3) is 0 Å². The van der Waals surface area contributed by atoms with E-state index in [4.69, 9.17) is 15.0 Å². The molecule has 0 aliphatic carbocycles. The highest BCUT2D eigenvalue weighted by Gasteiger charge is 2.15. The van der Waals surface area contributed by atoms with Crippen molar-refractivity contribution in [2.75, 3.05) is 13.2 Å². The summed E-state index contributed by atoms with van der Waals surface area (Å²) in [5, 5.41) is 3.95. The minimum Gasteiger partial charge on any atom is -0.379 e. The van der Waals surface area contributed by atoms with Crippen molar-refractivity contribution in [2.45, 2.75) is 39.7 Å². The first-order chi connectivity index (χ1) is 10.1. The van der Waals surface area contributed by atoms with E-state index in [-0.39, 0.29) is 6.04 Å². The number of rotatable bonds is 7. The van der Waals surface area contributed by atoms with E-state index < -0.39 is 0 Å². The average Bonchev–Trinajstić information content (AvgIpc) is 2.92. The number of nitrogens with two attached hydrogens (primary N) is 1. The minimum absolute atomic E-state index is 0.340. The molecule has 2 rings (SSSR count). The van der Waals surface area contributed by atoms with E-state index in [1.807, 2.05) is 0 Å². The normalized spacial score (nSPS) is 12.6. The van der Waals surface area contributed by atoms with Crippen LogP contribution in [0.5, 0.6) is 0 Å². The third-order valence-corrected chi connectivity index (χ3v) is 3.31. The number of aryl methyl sites for hydroxylation is 2. The molecule has 0 aliphatic heterocycles. The number of hydrogen-bond acceptors (Lipinski definition) is 5. The maximum Gasteiger partial charge on any atom is 0.231 e. The summed E-state index contributed by atoms with van der Waals surface area (Å²) in [6.07, 6.45) is 1.60. The molecule has 1 atom stereocenters. The monoisotopic (exact) mass is 289 g/mol. The van der Waals surface area contributed by atoms with Gasteiger partial charge in [0.05, 0.1) is 19.1 Å². The number of aromatic nitrogens is 2. The zero-order valence-electron chi connectivity index (χ0n) is 12.9. The van der Waals surface area contributed by atoms with Gasteiger partial charge in [-0.3, -0.25) is 0 Å². The van der Waals surface area contributed by atoms with Crippen molar-refractivity contribution < 1.29 is 9.26 Å². The third kappa shape index (κ3) is 4.37. The average molecular weight is 289 g/mol. The van der Waals surface area contributed by atoms with Crippen molar-refractivity contribution in [2.24, 2.45) is 5.73 Å². The molecule has 1 heterocycles. The smallest absolute Gasteiger partial charge is 0.231 e. The summed E-state index contributed by atoms with van der Waals surface area (Å²) in [5.41, 5.74) is 9.62. The minimum atomic E-state index is -0.340. The van der Waals surface area contributed by atoms with Crippen LogP contribution in [0.25, 0.3) is 0 Å². The second kappa shape index (κ2) is 7.33. The van der Waals surface area contributed by atoms with Crippen LogP contribution in [0.1, 0.15) is 47.8 Å². The van der Waals surface area contributed by atoms with Gasteiger partial charge in [-0.05, 0) is 31.4 Å². The van der Waals surface area contributed by atoms with Gasteiger partial charge in [-0.15, -0.1) is 0 Å². The Balaban J connectivity index is 2.01. The molecule has 0 bridgehead atoms. The van der Waals surface area contributed by atoms with Gasteiger partial charge >= 0.3 is 0 Å². The van der Waals surface area contributed by atoms with Crippen LogP contribution in [0, 0.1) is 13.8 Å². The van der Waals surface area contributed by atoms with E-state index in [0.717, 1.165) is 6.42 Å². The molecule has 0 radical (unpaired) electrons. The Hall–Kier alpha value is -1.72. The maximum absolute atomic E-state index is 5.99. The molecule has 114 valence electrons. The third-order valence-electron chi connectivity index (χ3n) is 3.31. The molecule has 0 amide bonds. The molecule has 0 saturated carbocycles. The highest BCUT2D eigenvalue weighted by Crippen LogP contribution is 2.16. The number of nitrogens with zero attached hydrogens (tertiary/aromatic N) is 2. The first-order valence-electron chi connectivity index (χ1n) is 7.32. The standard InChI is InChI=1S/C16H23N3O2/c1-4-7-20-10-14(17)16-18-15(21-19-16)9-13-8-11(2)5-6-12(13)3/h5-6,8,14H,4,7,9-10,17H2,1-3H3. The Labute approximate surface area is 125 Å². The second-order valence-electron chi connectivity index (χ2n) is 5.33. The fourth-order valence-corrected chi connectivity index (χ4v) is 2.07. The lowest BCUT2D eigenvalue weighted by Gasteiger charge is -2.06. The molecular weight excluding hydrogens is 266 g/mol. The van der Waals surface area contributed by atoms with Crippen molar-refractivity contribution in [3.05, 3.63) is 46.6 Å². The lowest BCUT2D eigenvalue weighted by Crippen LogP contribution is -2.18. The van der Waals surface area contributed by atoms with Crippen LogP contribution in [0.15, 0.2) is 22.7 Å². The SMILES string of the molecule is CCCOCC(N)c1noc(Cc2cc(C)ccc2C)n1. The van der Waals surface area contributed by atoms with Crippen molar-refractivity contribution >= 4 is 0 Å². The van der Waals surface area contributed by atoms with Crippen LogP contribution in [0.2, 0.25) is 0 Å². The molecular formula is C16H23N3O2. The highest BCUT2D eigenvalue weighted by molar-refractivity contribution is 5.32. The summed E-state index contributed by atoms with van der Waals surface area (Å²) < 4.78 is 10.7. The first-order valence-corrected chi connectivity index (χ1v) is 7.32. The molecule has 2 aromatic rings. The predicted octanol–water partition coefficient (Wildman–Crippen LogP) is 2.70. The molecule has 0 spiro atoms. The van der Waals surface area contributed by atoms with Gasteiger partial charge in [0.1, 0.15) is 0 Å². The van der Waals surface area contributed by atoms with Crippen LogP contribution in [0.3, 0.4) is 0 Å². The molecule has 0 aliphatic rings. The molecule has 5 heteroatoms. The van der Waals surface area contributed by atoms with Gasteiger partial charge in [-0.25, -0.2) is 0 Å². The van der Waals surface area contributed by atoms with Gasteiger partial charge in [0.2, 0.25) is 5.89 Å². The Kier molecular flexibility index (Phi) is 5.47. The Morgan fingerprint density at radius 3 is 2.90 bits per heavy atom. The fourth-order valence-electron chi connectivity index (χ4n) is 2.07. The van der Waals surface area contributed by atoms with E-state index in [9.17, 15) is 0 Å². The zero-order chi connectivity index (χ0) is 15.2. The summed E-state index contributed by atoms with van der Waals surface area (Å²) in [7, 11) is 0. The van der Waals surface area contributed by atoms with Crippen LogP contribution < -0.4 is 5.73 Å². The van der Waals surface area contributed by atoms with Crippen molar-refractivity contribution in [3.8, 4) is 0 Å². The number of hydrogen-bond donors (Lipinski definition) is 1. The quantitative estimate of drug-likeness (QED) is 0.793. The molecule has 1 aromatic carbocycles. The lowest BCUT2D eigenvalue weighted by atomic mass is 10.0. The zero-order valence-corrected chi connectivity index (χ0v) is 12.9. The van der Waals surface area contributed by atoms with Gasteiger partial charge in [-0.2, -0.15) is 4.98 Å². The summed E-state index contributed by atoms with van der Waals surface area (Å²) in [4.78, 5) is 4.37. The van der Waals surface area contributed by atoms with E-state index in [1.54, 1.807) is 0 Å². The van der Waals surface area contributed by atoms with Gasteiger partial charge in [-0.1, -0.05) is 35.8 Å². The van der Waals surface area contributed by atoms with Crippen LogP contribution in [-0.2, 0) is 11.2 Å². The molecule has 5 nitrogen and oxygen atoms in total. The Morgan fingerprint density at radius 1 is 1.33 bits per heavy atom. The second-order valence-corrected chi connectivity index (χ2v) is 5.33. The van der Waals surface area contributed by atoms with E-state index in [0.29, 0.717) is 31.3 Å². The van der Waals surface area contributed by atoms with E-state index in [1.165, 1.54) is 16.7 Å². The van der Waals surface area contributed by atoms with E-state index >= 15 is 0 Å². The molecule has 2 N–H and O–H groups in total. The van der Waals surface area contributed by atoms with Crippen molar-refractivity contribution in [1.29, 1.82) is 0 Å². The van der Waals surface area contributed by atoms with E-state index in [2.05, 4.69) is 49.1 Å². The lowest BCUT2D eigenvalue weighted by molar-refractivity contribution is 0.119. The van der Waals surface area contributed by atoms with Crippen molar-refractivity contribution in [1.82, 2.24) is 10.1 Å². The van der Waals surface area contributed by atoms with Gasteiger partial charge in [0.15, 0.2) is 5.82 Å². The van der Waals surface area contributed by atoms with Gasteiger partial charge < -0.3 is 15.0 Å². The number of ether oxygens (including phenoxy) is 1. The number of benzene rings is 1. The maximum atomic E-state index is 5.99. The van der Waals surface area contributed by atoms with Crippen LogP contribution in [-0.4, -0.2) is 23.4 Å². The summed E-state index contributed by atoms with van der Waals surface area (Å²) >= 11 is 0. The summed E-state index contributed by atoms with van der Waals surface area (Å²) in [6.45, 7) is 7.32. The van der Waals surface area contributed by atoms with Crippen LogP contribution >= 0.6 is 0 Å². The fraction of sp³-hybridized carbons (Fsp3) is 0.500. The summed E-state index contributed by atoms with van der Waals surface area (Å²) in [6, 6.07) is 6.00. The molecule has 21 heavy (non-hydrogen) atoms. The Morgan fingerprint density at radius 2 is 2.14 bits per heavy atom. The topological polar surface area (TPSA) is 74.2 Å².